The lowest BCUT2D eigenvalue weighted by Gasteiger charge is -2.14. The largest absolute Gasteiger partial charge is 0.280 e. The van der Waals surface area contributed by atoms with E-state index in [1.165, 1.54) is 22.9 Å². The number of para-hydroxylation sites is 2. The highest BCUT2D eigenvalue weighted by Gasteiger charge is 2.21. The normalized spacial score (nSPS) is 11.3. The van der Waals surface area contributed by atoms with Crippen molar-refractivity contribution in [3.63, 3.8) is 0 Å². The van der Waals surface area contributed by atoms with Gasteiger partial charge < -0.3 is 0 Å². The average Bonchev–Trinajstić information content (AvgIpc) is 2.97. The summed E-state index contributed by atoms with van der Waals surface area (Å²) in [5.74, 6) is -0.223. The quantitative estimate of drug-likeness (QED) is 0.140. The number of nitro groups is 1. The molecule has 0 atom stereocenters. The maximum Gasteiger partial charge on any atom is 0.280 e. The van der Waals surface area contributed by atoms with E-state index in [-0.39, 0.29) is 28.5 Å². The van der Waals surface area contributed by atoms with Crippen LogP contribution in [0.2, 0.25) is 0 Å². The summed E-state index contributed by atoms with van der Waals surface area (Å²) in [4.78, 5) is 41.5. The van der Waals surface area contributed by atoms with Gasteiger partial charge in [0.1, 0.15) is 0 Å². The molecule has 39 heavy (non-hydrogen) atoms. The zero-order valence-electron chi connectivity index (χ0n) is 20.5. The van der Waals surface area contributed by atoms with Gasteiger partial charge in [-0.25, -0.2) is 10.4 Å². The number of hydrazone groups is 1. The van der Waals surface area contributed by atoms with E-state index in [4.69, 9.17) is 0 Å². The molecular weight excluding hydrogens is 494 g/mol. The number of fused-ring (bicyclic) bond motifs is 1. The number of aromatic nitrogens is 2. The minimum absolute atomic E-state index is 0.157. The van der Waals surface area contributed by atoms with Crippen molar-refractivity contribution in [3.05, 3.63) is 141 Å². The predicted octanol–water partition coefficient (Wildman–Crippen LogP) is 5.12. The fourth-order valence-electron chi connectivity index (χ4n) is 4.03. The second-order valence-corrected chi connectivity index (χ2v) is 8.44. The van der Waals surface area contributed by atoms with Crippen molar-refractivity contribution in [2.45, 2.75) is 0 Å². The molecule has 5 rings (SSSR count). The molecule has 0 aliphatic carbocycles. The standard InChI is InChI=1S/C30H21N5O4/c36-28(19-16-21-8-2-1-3-9-21)33-31-20-22-14-17-23(18-15-22)34-29(25-11-5-7-13-27(25)35(38)39)32-26-12-6-4-10-24(26)30(34)37/h1-20H,(H,33,36)/b19-16+,31-20-. The molecule has 0 saturated heterocycles. The lowest BCUT2D eigenvalue weighted by molar-refractivity contribution is -0.384. The van der Waals surface area contributed by atoms with Crippen LogP contribution >= 0.6 is 0 Å². The Morgan fingerprint density at radius 2 is 1.56 bits per heavy atom. The smallest absolute Gasteiger partial charge is 0.268 e. The molecule has 4 aromatic carbocycles. The summed E-state index contributed by atoms with van der Waals surface area (Å²) in [7, 11) is 0. The number of nitrogens with zero attached hydrogens (tertiary/aromatic N) is 4. The number of amides is 1. The molecule has 0 unspecified atom stereocenters. The van der Waals surface area contributed by atoms with Crippen LogP contribution in [0.1, 0.15) is 11.1 Å². The van der Waals surface area contributed by atoms with Gasteiger partial charge in [-0.05, 0) is 47.5 Å². The lowest BCUT2D eigenvalue weighted by atomic mass is 10.1. The van der Waals surface area contributed by atoms with E-state index in [1.54, 1.807) is 72.8 Å². The number of hydrogen-bond acceptors (Lipinski definition) is 6. The molecule has 0 bridgehead atoms. The van der Waals surface area contributed by atoms with Crippen molar-refractivity contribution in [1.29, 1.82) is 0 Å². The number of rotatable bonds is 7. The molecule has 1 aromatic heterocycles. The second kappa shape index (κ2) is 11.1. The van der Waals surface area contributed by atoms with Gasteiger partial charge in [-0.15, -0.1) is 0 Å². The zero-order valence-corrected chi connectivity index (χ0v) is 20.5. The van der Waals surface area contributed by atoms with Crippen LogP contribution in [-0.4, -0.2) is 26.6 Å². The van der Waals surface area contributed by atoms with E-state index in [0.29, 0.717) is 22.2 Å². The van der Waals surface area contributed by atoms with Crippen molar-refractivity contribution in [1.82, 2.24) is 15.0 Å². The first-order valence-electron chi connectivity index (χ1n) is 11.9. The van der Waals surface area contributed by atoms with Gasteiger partial charge >= 0.3 is 0 Å². The Labute approximate surface area is 222 Å². The summed E-state index contributed by atoms with van der Waals surface area (Å²) in [5.41, 5.74) is 4.62. The minimum Gasteiger partial charge on any atom is -0.268 e. The van der Waals surface area contributed by atoms with Crippen LogP contribution in [0.4, 0.5) is 5.69 Å². The lowest BCUT2D eigenvalue weighted by Crippen LogP contribution is -2.22. The van der Waals surface area contributed by atoms with Crippen LogP contribution in [0.25, 0.3) is 34.1 Å². The van der Waals surface area contributed by atoms with Crippen LogP contribution in [0, 0.1) is 10.1 Å². The third-order valence-electron chi connectivity index (χ3n) is 5.88. The fourth-order valence-corrected chi connectivity index (χ4v) is 4.03. The number of benzene rings is 4. The first-order chi connectivity index (χ1) is 19.0. The summed E-state index contributed by atoms with van der Waals surface area (Å²) in [6, 6.07) is 29.3. The molecule has 9 heteroatoms. The summed E-state index contributed by atoms with van der Waals surface area (Å²) >= 11 is 0. The van der Waals surface area contributed by atoms with Crippen LogP contribution in [0.3, 0.4) is 0 Å². The Morgan fingerprint density at radius 3 is 2.33 bits per heavy atom. The van der Waals surface area contributed by atoms with Gasteiger partial charge in [0.15, 0.2) is 5.82 Å². The number of carbonyl (C=O) groups excluding carboxylic acids is 1. The van der Waals surface area contributed by atoms with Gasteiger partial charge in [0.05, 0.1) is 33.3 Å². The van der Waals surface area contributed by atoms with Crippen LogP contribution < -0.4 is 11.0 Å². The van der Waals surface area contributed by atoms with Crippen molar-refractivity contribution < 1.29 is 9.72 Å². The van der Waals surface area contributed by atoms with Crippen molar-refractivity contribution >= 4 is 34.8 Å². The third-order valence-corrected chi connectivity index (χ3v) is 5.88. The molecule has 9 nitrogen and oxygen atoms in total. The number of hydrogen-bond donors (Lipinski definition) is 1. The topological polar surface area (TPSA) is 119 Å². The maximum atomic E-state index is 13.6. The highest BCUT2D eigenvalue weighted by Crippen LogP contribution is 2.30. The Kier molecular flexibility index (Phi) is 7.13. The highest BCUT2D eigenvalue weighted by molar-refractivity contribution is 5.92. The van der Waals surface area contributed by atoms with Gasteiger partial charge in [0.2, 0.25) is 0 Å². The van der Waals surface area contributed by atoms with E-state index in [2.05, 4.69) is 15.5 Å². The summed E-state index contributed by atoms with van der Waals surface area (Å²) in [6.45, 7) is 0. The Bertz CT molecular complexity index is 1790. The van der Waals surface area contributed by atoms with E-state index >= 15 is 0 Å². The molecule has 1 N–H and O–H groups in total. The van der Waals surface area contributed by atoms with Gasteiger partial charge in [-0.2, -0.15) is 5.10 Å². The van der Waals surface area contributed by atoms with Gasteiger partial charge in [-0.1, -0.05) is 66.7 Å². The Hall–Kier alpha value is -5.70. The number of carbonyl (C=O) groups is 1. The summed E-state index contributed by atoms with van der Waals surface area (Å²) < 4.78 is 1.36. The van der Waals surface area contributed by atoms with Crippen molar-refractivity contribution in [3.8, 4) is 17.1 Å². The van der Waals surface area contributed by atoms with E-state index < -0.39 is 4.92 Å². The monoisotopic (exact) mass is 515 g/mol. The molecule has 1 heterocycles. The molecule has 190 valence electrons. The fraction of sp³-hybridized carbons (Fsp3) is 0. The average molecular weight is 516 g/mol. The predicted molar refractivity (Wildman–Crippen MR) is 151 cm³/mol. The molecule has 0 radical (unpaired) electrons. The van der Waals surface area contributed by atoms with Gasteiger partial charge in [0, 0.05) is 12.1 Å². The number of nitro benzene ring substituents is 1. The van der Waals surface area contributed by atoms with Crippen molar-refractivity contribution in [2.75, 3.05) is 0 Å². The molecule has 0 spiro atoms. The molecule has 0 saturated carbocycles. The summed E-state index contributed by atoms with van der Waals surface area (Å²) in [6.07, 6.45) is 4.55. The zero-order chi connectivity index (χ0) is 27.2. The number of nitrogens with one attached hydrogen (secondary N) is 1. The molecule has 1 amide bonds. The summed E-state index contributed by atoms with van der Waals surface area (Å²) in [5, 5.41) is 16.1. The maximum absolute atomic E-state index is 13.6. The first kappa shape index (κ1) is 25.0. The molecule has 5 aromatic rings. The van der Waals surface area contributed by atoms with Crippen molar-refractivity contribution in [2.24, 2.45) is 5.10 Å². The molecule has 0 aliphatic rings. The van der Waals surface area contributed by atoms with Crippen LogP contribution in [0.5, 0.6) is 0 Å². The van der Waals surface area contributed by atoms with E-state index in [9.17, 15) is 19.7 Å². The highest BCUT2D eigenvalue weighted by atomic mass is 16.6. The van der Waals surface area contributed by atoms with Crippen LogP contribution in [-0.2, 0) is 4.79 Å². The van der Waals surface area contributed by atoms with E-state index in [0.717, 1.165) is 5.56 Å². The Balaban J connectivity index is 1.46. The second-order valence-electron chi connectivity index (χ2n) is 8.44. The molecule has 0 fully saturated rings. The van der Waals surface area contributed by atoms with E-state index in [1.807, 2.05) is 30.3 Å². The molecular formula is C30H21N5O4. The first-order valence-corrected chi connectivity index (χ1v) is 11.9. The van der Waals surface area contributed by atoms with Gasteiger partial charge in [0.25, 0.3) is 17.2 Å². The molecule has 0 aliphatic heterocycles. The third kappa shape index (κ3) is 5.52. The minimum atomic E-state index is -0.496. The SMILES string of the molecule is O=C(/C=C/c1ccccc1)N/N=C\c1ccc(-n2c(-c3ccccc3[N+](=O)[O-])nc3ccccc3c2=O)cc1. The van der Waals surface area contributed by atoms with Crippen LogP contribution in [0.15, 0.2) is 119 Å². The Morgan fingerprint density at radius 1 is 0.872 bits per heavy atom. The van der Waals surface area contributed by atoms with Gasteiger partial charge in [-0.3, -0.25) is 24.3 Å².